The van der Waals surface area contributed by atoms with Crippen LogP contribution in [0, 0.1) is 19.7 Å². The molecule has 2 aliphatic rings. The Bertz CT molecular complexity index is 1450. The van der Waals surface area contributed by atoms with Crippen molar-refractivity contribution in [3.05, 3.63) is 80.8 Å². The van der Waals surface area contributed by atoms with Crippen LogP contribution in [-0.2, 0) is 26.0 Å². The third-order valence-corrected chi connectivity index (χ3v) is 11.1. The third kappa shape index (κ3) is 5.68. The molecule has 0 saturated carbocycles. The molecule has 1 fully saturated rings. The Morgan fingerprint density at radius 1 is 1.07 bits per heavy atom. The average Bonchev–Trinajstić information content (AvgIpc) is 3.41. The molecule has 0 radical (unpaired) electrons. The fraction of sp³-hybridized carbons (Fsp3) is 0.433. The molecule has 2 atom stereocenters. The third-order valence-electron chi connectivity index (χ3n) is 7.82. The Balaban J connectivity index is 1.30. The number of carbonyl (C=O) groups is 1. The quantitative estimate of drug-likeness (QED) is 0.361. The van der Waals surface area contributed by atoms with Crippen LogP contribution in [0.25, 0.3) is 0 Å². The maximum atomic E-state index is 13.8. The number of aryl methyl sites for hydroxylation is 2. The number of ether oxygens (including phenoxy) is 2. The van der Waals surface area contributed by atoms with Gasteiger partial charge in [0.25, 0.3) is 0 Å². The van der Waals surface area contributed by atoms with Crippen LogP contribution >= 0.6 is 11.3 Å². The Kier molecular flexibility index (Phi) is 8.61. The lowest BCUT2D eigenvalue weighted by molar-refractivity contribution is -0.138. The number of fused-ring (bicyclic) bond motifs is 1. The number of thiophene rings is 1. The minimum absolute atomic E-state index is 0.137. The van der Waals surface area contributed by atoms with Crippen LogP contribution in [-0.4, -0.2) is 63.0 Å². The van der Waals surface area contributed by atoms with Crippen molar-refractivity contribution in [3.63, 3.8) is 0 Å². The predicted molar refractivity (Wildman–Crippen MR) is 153 cm³/mol. The SMILES string of the molecule is COc1cc(C)c(S(=O)(=O)N2CCCCC2COCC(=O)N2CCc3sccc3C2c2ccc(F)cc2)c(C)c1. The molecular formula is C30H35FN2O5S2. The first-order chi connectivity index (χ1) is 19.2. The Morgan fingerprint density at radius 3 is 2.50 bits per heavy atom. The highest BCUT2D eigenvalue weighted by molar-refractivity contribution is 7.89. The van der Waals surface area contributed by atoms with Gasteiger partial charge in [-0.05, 0) is 91.1 Å². The summed E-state index contributed by atoms with van der Waals surface area (Å²) in [5.74, 6) is 0.133. The fourth-order valence-electron chi connectivity index (χ4n) is 5.96. The predicted octanol–water partition coefficient (Wildman–Crippen LogP) is 5.25. The molecule has 2 aliphatic heterocycles. The highest BCUT2D eigenvalue weighted by Gasteiger charge is 2.37. The largest absolute Gasteiger partial charge is 0.497 e. The molecule has 40 heavy (non-hydrogen) atoms. The number of rotatable bonds is 8. The topological polar surface area (TPSA) is 76.1 Å². The average molecular weight is 587 g/mol. The zero-order chi connectivity index (χ0) is 28.4. The first-order valence-corrected chi connectivity index (χ1v) is 15.9. The van der Waals surface area contributed by atoms with Gasteiger partial charge in [0.1, 0.15) is 18.2 Å². The van der Waals surface area contributed by atoms with E-state index < -0.39 is 10.0 Å². The van der Waals surface area contributed by atoms with E-state index in [4.69, 9.17) is 9.47 Å². The van der Waals surface area contributed by atoms with Gasteiger partial charge in [-0.15, -0.1) is 11.3 Å². The second kappa shape index (κ2) is 12.0. The number of halogens is 1. The van der Waals surface area contributed by atoms with Crippen LogP contribution in [0.2, 0.25) is 0 Å². The van der Waals surface area contributed by atoms with Crippen molar-refractivity contribution >= 4 is 27.3 Å². The molecule has 5 rings (SSSR count). The van der Waals surface area contributed by atoms with E-state index in [0.29, 0.717) is 41.3 Å². The molecule has 2 aromatic carbocycles. The van der Waals surface area contributed by atoms with E-state index in [2.05, 4.69) is 0 Å². The number of piperidine rings is 1. The molecule has 0 bridgehead atoms. The van der Waals surface area contributed by atoms with E-state index in [1.807, 2.05) is 11.4 Å². The van der Waals surface area contributed by atoms with Crippen molar-refractivity contribution in [2.24, 2.45) is 0 Å². The fourth-order valence-corrected chi connectivity index (χ4v) is 8.96. The monoisotopic (exact) mass is 586 g/mol. The van der Waals surface area contributed by atoms with E-state index in [1.165, 1.54) is 17.0 Å². The second-order valence-corrected chi connectivity index (χ2v) is 13.3. The zero-order valence-electron chi connectivity index (χ0n) is 23.1. The summed E-state index contributed by atoms with van der Waals surface area (Å²) in [5, 5.41) is 2.02. The molecule has 0 spiro atoms. The van der Waals surface area contributed by atoms with E-state index in [0.717, 1.165) is 30.4 Å². The summed E-state index contributed by atoms with van der Waals surface area (Å²) >= 11 is 1.67. The number of nitrogens with zero attached hydrogens (tertiary/aromatic N) is 2. The van der Waals surface area contributed by atoms with Gasteiger partial charge in [0, 0.05) is 24.0 Å². The van der Waals surface area contributed by atoms with Crippen LogP contribution in [0.1, 0.15) is 52.4 Å². The highest BCUT2D eigenvalue weighted by atomic mass is 32.2. The van der Waals surface area contributed by atoms with Gasteiger partial charge in [0.15, 0.2) is 0 Å². The van der Waals surface area contributed by atoms with Crippen molar-refractivity contribution in [3.8, 4) is 5.75 Å². The lowest BCUT2D eigenvalue weighted by Crippen LogP contribution is -2.47. The van der Waals surface area contributed by atoms with Crippen LogP contribution < -0.4 is 4.74 Å². The van der Waals surface area contributed by atoms with Gasteiger partial charge < -0.3 is 14.4 Å². The van der Waals surface area contributed by atoms with Crippen LogP contribution in [0.5, 0.6) is 5.75 Å². The van der Waals surface area contributed by atoms with Gasteiger partial charge >= 0.3 is 0 Å². The lowest BCUT2D eigenvalue weighted by Gasteiger charge is -2.37. The highest BCUT2D eigenvalue weighted by Crippen LogP contribution is 2.38. The van der Waals surface area contributed by atoms with Gasteiger partial charge in [-0.3, -0.25) is 4.79 Å². The van der Waals surface area contributed by atoms with Crippen molar-refractivity contribution in [1.82, 2.24) is 9.21 Å². The van der Waals surface area contributed by atoms with Gasteiger partial charge in [0.05, 0.1) is 24.7 Å². The minimum atomic E-state index is -3.77. The number of benzene rings is 2. The minimum Gasteiger partial charge on any atom is -0.497 e. The van der Waals surface area contributed by atoms with Gasteiger partial charge in [-0.1, -0.05) is 18.6 Å². The number of methoxy groups -OCH3 is 1. The van der Waals surface area contributed by atoms with Crippen LogP contribution in [0.15, 0.2) is 52.7 Å². The van der Waals surface area contributed by atoms with Gasteiger partial charge in [-0.2, -0.15) is 4.31 Å². The summed E-state index contributed by atoms with van der Waals surface area (Å²) in [6.45, 7) is 4.50. The number of carbonyl (C=O) groups excluding carboxylic acids is 1. The summed E-state index contributed by atoms with van der Waals surface area (Å²) in [6.07, 6.45) is 3.10. The van der Waals surface area contributed by atoms with E-state index >= 15 is 0 Å². The number of sulfonamides is 1. The molecule has 10 heteroatoms. The molecule has 214 valence electrons. The first-order valence-electron chi connectivity index (χ1n) is 13.6. The molecule has 2 unspecified atom stereocenters. The Hall–Kier alpha value is -2.79. The summed E-state index contributed by atoms with van der Waals surface area (Å²) in [6, 6.07) is 11.1. The molecular weight excluding hydrogens is 551 g/mol. The zero-order valence-corrected chi connectivity index (χ0v) is 24.7. The van der Waals surface area contributed by atoms with Crippen molar-refractivity contribution < 1.29 is 27.1 Å². The van der Waals surface area contributed by atoms with Crippen LogP contribution in [0.4, 0.5) is 4.39 Å². The molecule has 7 nitrogen and oxygen atoms in total. The molecule has 0 aliphatic carbocycles. The van der Waals surface area contributed by atoms with Gasteiger partial charge in [-0.25, -0.2) is 12.8 Å². The number of hydrogen-bond acceptors (Lipinski definition) is 6. The first kappa shape index (κ1) is 28.7. The number of amides is 1. The van der Waals surface area contributed by atoms with E-state index in [9.17, 15) is 17.6 Å². The molecule has 1 amide bonds. The van der Waals surface area contributed by atoms with Gasteiger partial charge in [0.2, 0.25) is 15.9 Å². The van der Waals surface area contributed by atoms with E-state index in [1.54, 1.807) is 65.8 Å². The molecule has 3 heterocycles. The molecule has 0 N–H and O–H groups in total. The Labute approximate surface area is 239 Å². The summed E-state index contributed by atoms with van der Waals surface area (Å²) in [5.41, 5.74) is 3.19. The van der Waals surface area contributed by atoms with Crippen molar-refractivity contribution in [2.75, 3.05) is 33.4 Å². The summed E-state index contributed by atoms with van der Waals surface area (Å²) < 4.78 is 54.1. The molecule has 1 saturated heterocycles. The second-order valence-electron chi connectivity index (χ2n) is 10.5. The number of hydrogen-bond donors (Lipinski definition) is 0. The standard InChI is InChI=1S/C30H35FN2O5S2/c1-20-16-25(37-3)17-21(2)30(20)40(35,36)33-13-5-4-6-24(33)18-38-19-28(34)32-14-11-27-26(12-15-39-27)29(32)22-7-9-23(31)10-8-22/h7-10,12,15-17,24,29H,4-6,11,13-14,18-19H2,1-3H3. The van der Waals surface area contributed by atoms with Crippen molar-refractivity contribution in [2.45, 2.75) is 56.5 Å². The van der Waals surface area contributed by atoms with E-state index in [-0.39, 0.29) is 37.0 Å². The van der Waals surface area contributed by atoms with Crippen LogP contribution in [0.3, 0.4) is 0 Å². The maximum Gasteiger partial charge on any atom is 0.249 e. The lowest BCUT2D eigenvalue weighted by atomic mass is 9.93. The normalized spacial score (nSPS) is 19.9. The maximum absolute atomic E-state index is 13.8. The molecule has 3 aromatic rings. The summed E-state index contributed by atoms with van der Waals surface area (Å²) in [7, 11) is -2.21. The Morgan fingerprint density at radius 2 is 1.80 bits per heavy atom. The molecule has 1 aromatic heterocycles. The summed E-state index contributed by atoms with van der Waals surface area (Å²) in [4.78, 5) is 16.8. The smallest absolute Gasteiger partial charge is 0.249 e. The van der Waals surface area contributed by atoms with Crippen molar-refractivity contribution in [1.29, 1.82) is 0 Å².